The Morgan fingerprint density at radius 3 is 1.48 bits per heavy atom. The highest BCUT2D eigenvalue weighted by Crippen LogP contribution is 2.26. The molecule has 5 rings (SSSR count). The van der Waals surface area contributed by atoms with Gasteiger partial charge in [-0.05, 0) is 34.2 Å². The van der Waals surface area contributed by atoms with Gasteiger partial charge < -0.3 is 18.2 Å². The van der Waals surface area contributed by atoms with Crippen molar-refractivity contribution in [3.05, 3.63) is 121 Å². The average Bonchev–Trinajstić information content (AvgIpc) is 2.88. The van der Waals surface area contributed by atoms with Crippen molar-refractivity contribution in [3.63, 3.8) is 0 Å². The molecule has 0 saturated carbocycles. The molecule has 4 nitrogen and oxygen atoms in total. The van der Waals surface area contributed by atoms with E-state index in [4.69, 9.17) is 0 Å². The zero-order chi connectivity index (χ0) is 22.6. The van der Waals surface area contributed by atoms with Gasteiger partial charge in [-0.2, -0.15) is 0 Å². The zero-order valence-electron chi connectivity index (χ0n) is 18.9. The predicted molar refractivity (Wildman–Crippen MR) is 151 cm³/mol. The molecule has 1 atom stereocenters. The highest BCUT2D eigenvalue weighted by atomic mass is 28.5. The van der Waals surface area contributed by atoms with E-state index in [-0.39, 0.29) is 0 Å². The Hall–Kier alpha value is -2.57. The van der Waals surface area contributed by atoms with Gasteiger partial charge in [-0.1, -0.05) is 109 Å². The quantitative estimate of drug-likeness (QED) is 0.359. The van der Waals surface area contributed by atoms with Crippen molar-refractivity contribution in [1.29, 1.82) is 0 Å². The van der Waals surface area contributed by atoms with E-state index in [2.05, 4.69) is 146 Å². The van der Waals surface area contributed by atoms with Crippen molar-refractivity contribution in [2.24, 2.45) is 0 Å². The van der Waals surface area contributed by atoms with Gasteiger partial charge >= 0.3 is 0 Å². The largest absolute Gasteiger partial charge is 0.391 e. The maximum absolute atomic E-state index is 4.26. The van der Waals surface area contributed by atoms with E-state index in [0.29, 0.717) is 0 Å². The molecule has 3 N–H and O–H groups in total. The number of nitrogens with one attached hydrogen (secondary N) is 3. The second kappa shape index (κ2) is 9.73. The Balaban J connectivity index is 1.87. The molecule has 1 aliphatic rings. The molecule has 33 heavy (non-hydrogen) atoms. The first-order valence-corrected chi connectivity index (χ1v) is 18.7. The molecule has 0 spiro atoms. The lowest BCUT2D eigenvalue weighted by Gasteiger charge is -2.54. The third-order valence-electron chi connectivity index (χ3n) is 6.54. The maximum Gasteiger partial charge on any atom is 0.286 e. The van der Waals surface area contributed by atoms with Crippen molar-refractivity contribution in [2.45, 2.75) is 6.55 Å². The van der Waals surface area contributed by atoms with Gasteiger partial charge in [0, 0.05) is 5.69 Å². The third kappa shape index (κ3) is 4.11. The van der Waals surface area contributed by atoms with E-state index in [1.54, 1.807) is 0 Å². The smallest absolute Gasteiger partial charge is 0.286 e. The summed E-state index contributed by atoms with van der Waals surface area (Å²) in [5.74, 6) is 0. The molecule has 1 heterocycles. The second-order valence-corrected chi connectivity index (χ2v) is 20.7. The van der Waals surface area contributed by atoms with Crippen LogP contribution in [0.15, 0.2) is 121 Å². The van der Waals surface area contributed by atoms with Gasteiger partial charge in [0.05, 0.1) is 0 Å². The van der Waals surface area contributed by atoms with Gasteiger partial charge in [0.15, 0.2) is 19.7 Å². The highest BCUT2D eigenvalue weighted by molar-refractivity contribution is 7.18. The molecular weight excluding hydrogens is 469 g/mol. The van der Waals surface area contributed by atoms with E-state index in [0.717, 1.165) is 0 Å². The summed E-state index contributed by atoms with van der Waals surface area (Å²) in [7, 11) is -6.23. The average molecular weight is 499 g/mol. The predicted octanol–water partition coefficient (Wildman–Crippen LogP) is 0.509. The number of hydrogen-bond donors (Lipinski definition) is 3. The lowest BCUT2D eigenvalue weighted by molar-refractivity contribution is 1.20. The van der Waals surface area contributed by atoms with Crippen LogP contribution in [0.2, 0.25) is 6.55 Å². The fourth-order valence-corrected chi connectivity index (χ4v) is 24.6. The van der Waals surface area contributed by atoms with E-state index >= 15 is 0 Å². The molecule has 1 unspecified atom stereocenters. The first-order chi connectivity index (χ1) is 16.2. The molecular formula is C25H30N4Si4. The van der Waals surface area contributed by atoms with Crippen LogP contribution in [0, 0.1) is 0 Å². The summed E-state index contributed by atoms with van der Waals surface area (Å²) in [5.41, 5.74) is 1.29. The summed E-state index contributed by atoms with van der Waals surface area (Å²) in [6, 6.07) is 44.5. The maximum atomic E-state index is 4.26. The minimum absolute atomic E-state index is 0.600. The zero-order valence-corrected chi connectivity index (χ0v) is 23.7. The molecule has 0 bridgehead atoms. The number of anilines is 1. The summed E-state index contributed by atoms with van der Waals surface area (Å²) in [5, 5.41) is 4.21. The van der Waals surface area contributed by atoms with Crippen molar-refractivity contribution < 1.29 is 0 Å². The normalized spacial score (nSPS) is 22.0. The van der Waals surface area contributed by atoms with E-state index < -0.39 is 36.5 Å². The first kappa shape index (κ1) is 22.2. The molecule has 8 heteroatoms. The van der Waals surface area contributed by atoms with Gasteiger partial charge in [-0.15, -0.1) is 0 Å². The molecule has 1 saturated heterocycles. The van der Waals surface area contributed by atoms with Crippen molar-refractivity contribution >= 4 is 57.7 Å². The number of para-hydroxylation sites is 1. The summed E-state index contributed by atoms with van der Waals surface area (Å²) in [4.78, 5) is 0. The van der Waals surface area contributed by atoms with E-state index in [9.17, 15) is 0 Å². The molecule has 0 aromatic heterocycles. The van der Waals surface area contributed by atoms with E-state index in [1.165, 1.54) is 21.2 Å². The Morgan fingerprint density at radius 2 is 0.970 bits per heavy atom. The summed E-state index contributed by atoms with van der Waals surface area (Å²) in [6.07, 6.45) is 0. The minimum Gasteiger partial charge on any atom is -0.391 e. The van der Waals surface area contributed by atoms with Crippen LogP contribution in [-0.4, -0.2) is 36.5 Å². The van der Waals surface area contributed by atoms with Gasteiger partial charge in [0.1, 0.15) is 0 Å². The number of rotatable bonds is 4. The molecule has 1 aliphatic heterocycles. The van der Waals surface area contributed by atoms with Crippen LogP contribution in [0.1, 0.15) is 0 Å². The fourth-order valence-electron chi connectivity index (χ4n) is 4.99. The second-order valence-electron chi connectivity index (χ2n) is 8.51. The molecule has 1 fully saturated rings. The van der Waals surface area contributed by atoms with Crippen LogP contribution in [0.3, 0.4) is 0 Å². The van der Waals surface area contributed by atoms with Crippen LogP contribution in [0.4, 0.5) is 5.69 Å². The van der Waals surface area contributed by atoms with Gasteiger partial charge in [0.25, 0.3) is 8.40 Å². The SMILES string of the molecule is C[Si]1(c2ccccc2)N[SiH2]N[SiH2]N[Si](c2ccccc2)(c2ccccc2)N1c1ccccc1. The minimum atomic E-state index is -2.60. The number of nitrogens with zero attached hydrogens (tertiary/aromatic N) is 1. The summed E-state index contributed by atoms with van der Waals surface area (Å²) < 4.78 is 15.2. The fraction of sp³-hybridized carbons (Fsp3) is 0.0400. The monoisotopic (exact) mass is 498 g/mol. The molecule has 0 aliphatic carbocycles. The van der Waals surface area contributed by atoms with Crippen molar-refractivity contribution in [2.75, 3.05) is 4.23 Å². The Morgan fingerprint density at radius 1 is 0.545 bits per heavy atom. The van der Waals surface area contributed by atoms with Gasteiger partial charge in [0.2, 0.25) is 8.40 Å². The van der Waals surface area contributed by atoms with Gasteiger partial charge in [-0.3, -0.25) is 0 Å². The van der Waals surface area contributed by atoms with Crippen molar-refractivity contribution in [1.82, 2.24) is 13.9 Å². The summed E-state index contributed by atoms with van der Waals surface area (Å²) >= 11 is 0. The van der Waals surface area contributed by atoms with Crippen LogP contribution in [0.25, 0.3) is 0 Å². The Bertz CT molecular complexity index is 1130. The third-order valence-corrected chi connectivity index (χ3v) is 23.0. The molecule has 166 valence electrons. The van der Waals surface area contributed by atoms with Crippen LogP contribution in [0.5, 0.6) is 0 Å². The van der Waals surface area contributed by atoms with E-state index in [1.807, 2.05) is 0 Å². The highest BCUT2D eigenvalue weighted by Gasteiger charge is 2.53. The number of hydrogen-bond acceptors (Lipinski definition) is 4. The van der Waals surface area contributed by atoms with Crippen LogP contribution >= 0.6 is 0 Å². The molecule has 0 amide bonds. The first-order valence-electron chi connectivity index (χ1n) is 11.5. The van der Waals surface area contributed by atoms with Crippen molar-refractivity contribution in [3.8, 4) is 0 Å². The molecule has 4 aromatic carbocycles. The Labute approximate surface area is 203 Å². The van der Waals surface area contributed by atoms with Crippen LogP contribution < -0.4 is 33.7 Å². The lowest BCUT2D eigenvalue weighted by atomic mass is 10.3. The van der Waals surface area contributed by atoms with Crippen LogP contribution in [-0.2, 0) is 0 Å². The molecule has 0 radical (unpaired) electrons. The lowest BCUT2D eigenvalue weighted by Crippen LogP contribution is -2.91. The standard InChI is InChI=1S/C25H30N4Si4/c1-32(23-16-8-3-9-17-23)27-30-26-31-28-33(24-18-10-4-11-19-24,25-20-12-5-13-21-25)29(32)22-14-6-2-7-15-22/h2-21,26-28H,30-31H2,1H3. The topological polar surface area (TPSA) is 39.3 Å². The van der Waals surface area contributed by atoms with Gasteiger partial charge in [-0.25, -0.2) is 0 Å². The molecule has 4 aromatic rings. The summed E-state index contributed by atoms with van der Waals surface area (Å²) in [6.45, 7) is 2.49. The number of benzene rings is 4. The Kier molecular flexibility index (Phi) is 6.56.